The molecule has 0 aromatic carbocycles. The molecule has 1 fully saturated rings. The van der Waals surface area contributed by atoms with E-state index in [1.54, 1.807) is 7.05 Å². The summed E-state index contributed by atoms with van der Waals surface area (Å²) in [5, 5.41) is 8.91. The third kappa shape index (κ3) is 3.92. The van der Waals surface area contributed by atoms with Crippen LogP contribution in [0.2, 0.25) is 0 Å². The van der Waals surface area contributed by atoms with Gasteiger partial charge in [0.1, 0.15) is 5.82 Å². The summed E-state index contributed by atoms with van der Waals surface area (Å²) in [4.78, 5) is 14.7. The van der Waals surface area contributed by atoms with Crippen LogP contribution in [0.1, 0.15) is 42.5 Å². The molecule has 1 heterocycles. The van der Waals surface area contributed by atoms with Gasteiger partial charge in [-0.2, -0.15) is 12.7 Å². The highest BCUT2D eigenvalue weighted by Crippen LogP contribution is 2.24. The Labute approximate surface area is 124 Å². The first kappa shape index (κ1) is 15.7. The van der Waals surface area contributed by atoms with Crippen molar-refractivity contribution >= 4 is 22.0 Å². The lowest BCUT2D eigenvalue weighted by molar-refractivity contribution is 0.0696. The second kappa shape index (κ2) is 6.40. The lowest BCUT2D eigenvalue weighted by Gasteiger charge is -2.30. The van der Waals surface area contributed by atoms with E-state index >= 15 is 0 Å². The van der Waals surface area contributed by atoms with Gasteiger partial charge in [-0.3, -0.25) is 4.72 Å². The van der Waals surface area contributed by atoms with Crippen LogP contribution in [-0.2, 0) is 10.2 Å². The molecule has 0 unspecified atom stereocenters. The number of carbonyl (C=O) groups is 1. The minimum atomic E-state index is -3.73. The highest BCUT2D eigenvalue weighted by molar-refractivity contribution is 7.90. The minimum Gasteiger partial charge on any atom is -0.478 e. The molecule has 0 radical (unpaired) electrons. The number of nitrogens with zero attached hydrogens (tertiary/aromatic N) is 2. The van der Waals surface area contributed by atoms with Gasteiger partial charge < -0.3 is 5.11 Å². The normalized spacial score (nSPS) is 16.9. The molecule has 1 aliphatic rings. The van der Waals surface area contributed by atoms with Crippen LogP contribution in [-0.4, -0.2) is 41.9 Å². The number of aromatic nitrogens is 1. The van der Waals surface area contributed by atoms with Crippen LogP contribution in [0.15, 0.2) is 18.3 Å². The van der Waals surface area contributed by atoms with E-state index in [1.807, 2.05) is 0 Å². The zero-order chi connectivity index (χ0) is 15.5. The molecule has 0 saturated heterocycles. The Bertz CT molecular complexity index is 612. The molecule has 8 heteroatoms. The number of hydrogen-bond donors (Lipinski definition) is 2. The molecular formula is C13H19N3O4S. The first-order chi connectivity index (χ1) is 9.90. The summed E-state index contributed by atoms with van der Waals surface area (Å²) in [6.45, 7) is 0. The molecule has 0 spiro atoms. The van der Waals surface area contributed by atoms with Gasteiger partial charge in [-0.25, -0.2) is 9.78 Å². The molecule has 116 valence electrons. The van der Waals surface area contributed by atoms with E-state index in [4.69, 9.17) is 5.11 Å². The number of aromatic carboxylic acids is 1. The lowest BCUT2D eigenvalue weighted by atomic mass is 9.96. The van der Waals surface area contributed by atoms with E-state index in [9.17, 15) is 13.2 Å². The van der Waals surface area contributed by atoms with E-state index in [-0.39, 0.29) is 17.4 Å². The Morgan fingerprint density at radius 2 is 2.05 bits per heavy atom. The molecule has 0 aliphatic heterocycles. The SMILES string of the molecule is CN(C1CCCCC1)S(=O)(=O)Nc1cc(C(=O)O)ccn1. The summed E-state index contributed by atoms with van der Waals surface area (Å²) in [6.07, 6.45) is 6.15. The van der Waals surface area contributed by atoms with Gasteiger partial charge in [-0.15, -0.1) is 0 Å². The van der Waals surface area contributed by atoms with E-state index in [0.717, 1.165) is 32.1 Å². The number of nitrogens with one attached hydrogen (secondary N) is 1. The van der Waals surface area contributed by atoms with Gasteiger partial charge in [-0.05, 0) is 25.0 Å². The maximum Gasteiger partial charge on any atom is 0.335 e. The first-order valence-electron chi connectivity index (χ1n) is 6.85. The number of carboxylic acid groups (broad SMARTS) is 1. The van der Waals surface area contributed by atoms with Crippen molar-refractivity contribution in [3.63, 3.8) is 0 Å². The molecule has 21 heavy (non-hydrogen) atoms. The number of carboxylic acids is 1. The molecule has 1 saturated carbocycles. The Morgan fingerprint density at radius 3 is 2.67 bits per heavy atom. The predicted octanol–water partition coefficient (Wildman–Crippen LogP) is 1.70. The van der Waals surface area contributed by atoms with Crippen molar-refractivity contribution in [3.05, 3.63) is 23.9 Å². The molecule has 2 rings (SSSR count). The second-order valence-electron chi connectivity index (χ2n) is 5.15. The Balaban J connectivity index is 2.12. The number of rotatable bonds is 5. The quantitative estimate of drug-likeness (QED) is 0.862. The number of pyridine rings is 1. The molecular weight excluding hydrogens is 294 g/mol. The summed E-state index contributed by atoms with van der Waals surface area (Å²) in [6, 6.07) is 2.50. The monoisotopic (exact) mass is 313 g/mol. The van der Waals surface area contributed by atoms with Crippen molar-refractivity contribution < 1.29 is 18.3 Å². The Morgan fingerprint density at radius 1 is 1.38 bits per heavy atom. The van der Waals surface area contributed by atoms with Gasteiger partial charge >= 0.3 is 16.2 Å². The fraction of sp³-hybridized carbons (Fsp3) is 0.538. The van der Waals surface area contributed by atoms with Crippen molar-refractivity contribution in [1.29, 1.82) is 0 Å². The van der Waals surface area contributed by atoms with Crippen molar-refractivity contribution in [2.45, 2.75) is 38.1 Å². The van der Waals surface area contributed by atoms with Crippen molar-refractivity contribution in [1.82, 2.24) is 9.29 Å². The predicted molar refractivity (Wildman–Crippen MR) is 78.4 cm³/mol. The highest BCUT2D eigenvalue weighted by atomic mass is 32.2. The summed E-state index contributed by atoms with van der Waals surface area (Å²) in [5.74, 6) is -1.11. The van der Waals surface area contributed by atoms with Crippen LogP contribution in [0.5, 0.6) is 0 Å². The van der Waals surface area contributed by atoms with Crippen molar-refractivity contribution in [3.8, 4) is 0 Å². The third-order valence-electron chi connectivity index (χ3n) is 3.71. The third-order valence-corrected chi connectivity index (χ3v) is 5.23. The smallest absolute Gasteiger partial charge is 0.335 e. The zero-order valence-electron chi connectivity index (χ0n) is 11.8. The van der Waals surface area contributed by atoms with Gasteiger partial charge in [-0.1, -0.05) is 19.3 Å². The number of hydrogen-bond acceptors (Lipinski definition) is 4. The van der Waals surface area contributed by atoms with Crippen LogP contribution in [0.3, 0.4) is 0 Å². The van der Waals surface area contributed by atoms with Gasteiger partial charge in [0, 0.05) is 19.3 Å². The molecule has 1 aromatic rings. The summed E-state index contributed by atoms with van der Waals surface area (Å²) in [5.41, 5.74) is -0.0111. The highest BCUT2D eigenvalue weighted by Gasteiger charge is 2.27. The topological polar surface area (TPSA) is 99.6 Å². The van der Waals surface area contributed by atoms with Crippen LogP contribution in [0, 0.1) is 0 Å². The first-order valence-corrected chi connectivity index (χ1v) is 8.29. The second-order valence-corrected chi connectivity index (χ2v) is 6.88. The largest absolute Gasteiger partial charge is 0.478 e. The molecule has 1 aromatic heterocycles. The van der Waals surface area contributed by atoms with E-state index < -0.39 is 16.2 Å². The molecule has 7 nitrogen and oxygen atoms in total. The van der Waals surface area contributed by atoms with Crippen LogP contribution >= 0.6 is 0 Å². The Hall–Kier alpha value is -1.67. The molecule has 0 atom stereocenters. The van der Waals surface area contributed by atoms with Gasteiger partial charge in [0.2, 0.25) is 0 Å². The maximum atomic E-state index is 12.3. The van der Waals surface area contributed by atoms with Crippen molar-refractivity contribution in [2.24, 2.45) is 0 Å². The average Bonchev–Trinajstić information content (AvgIpc) is 2.47. The van der Waals surface area contributed by atoms with Crippen molar-refractivity contribution in [2.75, 3.05) is 11.8 Å². The maximum absolute atomic E-state index is 12.3. The van der Waals surface area contributed by atoms with E-state index in [0.29, 0.717) is 0 Å². The van der Waals surface area contributed by atoms with Gasteiger partial charge in [0.25, 0.3) is 0 Å². The average molecular weight is 313 g/mol. The number of anilines is 1. The summed E-state index contributed by atoms with van der Waals surface area (Å²) < 4.78 is 28.3. The van der Waals surface area contributed by atoms with E-state index in [2.05, 4.69) is 9.71 Å². The van der Waals surface area contributed by atoms with Crippen LogP contribution in [0.4, 0.5) is 5.82 Å². The van der Waals surface area contributed by atoms with E-state index in [1.165, 1.54) is 22.6 Å². The minimum absolute atomic E-state index is 0.0111. The van der Waals surface area contributed by atoms with Crippen LogP contribution < -0.4 is 4.72 Å². The molecule has 1 aliphatic carbocycles. The fourth-order valence-electron chi connectivity index (χ4n) is 2.46. The standard InChI is InChI=1S/C13H19N3O4S/c1-16(11-5-3-2-4-6-11)21(19,20)15-12-9-10(13(17)18)7-8-14-12/h7-9,11H,2-6H2,1H3,(H,14,15)(H,17,18). The van der Waals surface area contributed by atoms with Gasteiger partial charge in [0.05, 0.1) is 5.56 Å². The summed E-state index contributed by atoms with van der Waals surface area (Å²) in [7, 11) is -2.19. The molecule has 0 bridgehead atoms. The summed E-state index contributed by atoms with van der Waals surface area (Å²) >= 11 is 0. The molecule has 0 amide bonds. The lowest BCUT2D eigenvalue weighted by Crippen LogP contribution is -2.41. The zero-order valence-corrected chi connectivity index (χ0v) is 12.6. The fourth-order valence-corrected chi connectivity index (χ4v) is 3.59. The van der Waals surface area contributed by atoms with Gasteiger partial charge in [0.15, 0.2) is 0 Å². The Kier molecular flexibility index (Phi) is 4.79. The van der Waals surface area contributed by atoms with Crippen LogP contribution in [0.25, 0.3) is 0 Å². The molecule has 2 N–H and O–H groups in total.